The SMILES string of the molecule is NS(=O)(=O)C[C@H]1CCN(C(=O)CCc2ccsc2)C1. The minimum atomic E-state index is -3.44. The summed E-state index contributed by atoms with van der Waals surface area (Å²) in [6.45, 7) is 1.15. The van der Waals surface area contributed by atoms with Gasteiger partial charge in [0.25, 0.3) is 0 Å². The fourth-order valence-electron chi connectivity index (χ4n) is 2.37. The van der Waals surface area contributed by atoms with Crippen LogP contribution in [0.5, 0.6) is 0 Å². The molecule has 0 spiro atoms. The molecule has 1 saturated heterocycles. The number of amides is 1. The van der Waals surface area contributed by atoms with Crippen LogP contribution < -0.4 is 5.14 Å². The average Bonchev–Trinajstić information content (AvgIpc) is 2.94. The number of carbonyl (C=O) groups is 1. The van der Waals surface area contributed by atoms with E-state index in [2.05, 4.69) is 0 Å². The fourth-order valence-corrected chi connectivity index (χ4v) is 4.00. The summed E-state index contributed by atoms with van der Waals surface area (Å²) in [5, 5.41) is 9.07. The molecule has 0 radical (unpaired) electrons. The maximum Gasteiger partial charge on any atom is 0.222 e. The Labute approximate surface area is 117 Å². The third-order valence-corrected chi connectivity index (χ3v) is 4.98. The zero-order valence-corrected chi connectivity index (χ0v) is 12.3. The van der Waals surface area contributed by atoms with Gasteiger partial charge in [-0.25, -0.2) is 13.6 Å². The van der Waals surface area contributed by atoms with Crippen molar-refractivity contribution in [3.05, 3.63) is 22.4 Å². The molecule has 1 aromatic heterocycles. The molecule has 2 N–H and O–H groups in total. The standard InChI is InChI=1S/C12H18N2O3S2/c13-19(16,17)9-11-3-5-14(7-11)12(15)2-1-10-4-6-18-8-10/h4,6,8,11H,1-3,5,7,9H2,(H2,13,16,17)/t11-/m0/s1. The molecule has 1 aliphatic rings. The molecule has 2 heterocycles. The van der Waals surface area contributed by atoms with Crippen molar-refractivity contribution in [1.82, 2.24) is 4.90 Å². The molecular weight excluding hydrogens is 284 g/mol. The highest BCUT2D eigenvalue weighted by Gasteiger charge is 2.28. The maximum atomic E-state index is 12.0. The van der Waals surface area contributed by atoms with Crippen molar-refractivity contribution >= 4 is 27.3 Å². The summed E-state index contributed by atoms with van der Waals surface area (Å²) in [6.07, 6.45) is 1.96. The van der Waals surface area contributed by atoms with Gasteiger partial charge in [-0.2, -0.15) is 11.3 Å². The van der Waals surface area contributed by atoms with Crippen molar-refractivity contribution in [3.8, 4) is 0 Å². The lowest BCUT2D eigenvalue weighted by Crippen LogP contribution is -2.30. The lowest BCUT2D eigenvalue weighted by atomic mass is 10.1. The van der Waals surface area contributed by atoms with Crippen LogP contribution in [-0.4, -0.2) is 38.1 Å². The number of rotatable bonds is 5. The van der Waals surface area contributed by atoms with Crippen LogP contribution in [0.2, 0.25) is 0 Å². The zero-order chi connectivity index (χ0) is 13.9. The molecule has 0 aliphatic carbocycles. The molecule has 0 saturated carbocycles. The van der Waals surface area contributed by atoms with E-state index < -0.39 is 10.0 Å². The Morgan fingerprint density at radius 1 is 1.53 bits per heavy atom. The molecule has 0 unspecified atom stereocenters. The number of aryl methyl sites for hydroxylation is 1. The van der Waals surface area contributed by atoms with Gasteiger partial charge in [-0.1, -0.05) is 0 Å². The first-order valence-corrected chi connectivity index (χ1v) is 8.89. The van der Waals surface area contributed by atoms with Crippen LogP contribution in [0.1, 0.15) is 18.4 Å². The molecule has 0 aromatic carbocycles. The smallest absolute Gasteiger partial charge is 0.222 e. The Morgan fingerprint density at radius 2 is 2.32 bits per heavy atom. The molecule has 106 valence electrons. The van der Waals surface area contributed by atoms with Gasteiger partial charge in [0, 0.05) is 19.5 Å². The Balaban J connectivity index is 1.78. The van der Waals surface area contributed by atoms with E-state index >= 15 is 0 Å². The van der Waals surface area contributed by atoms with Gasteiger partial charge in [-0.05, 0) is 41.1 Å². The zero-order valence-electron chi connectivity index (χ0n) is 10.6. The lowest BCUT2D eigenvalue weighted by molar-refractivity contribution is -0.130. The average molecular weight is 302 g/mol. The Kier molecular flexibility index (Phi) is 4.59. The minimum absolute atomic E-state index is 0.0138. The van der Waals surface area contributed by atoms with Gasteiger partial charge < -0.3 is 4.90 Å². The van der Waals surface area contributed by atoms with E-state index in [1.54, 1.807) is 16.2 Å². The molecule has 7 heteroatoms. The van der Waals surface area contributed by atoms with Crippen LogP contribution in [-0.2, 0) is 21.2 Å². The third-order valence-electron chi connectivity index (χ3n) is 3.31. The van der Waals surface area contributed by atoms with E-state index in [9.17, 15) is 13.2 Å². The number of hydrogen-bond donors (Lipinski definition) is 1. The van der Waals surface area contributed by atoms with Crippen LogP contribution in [0.4, 0.5) is 0 Å². The van der Waals surface area contributed by atoms with E-state index in [-0.39, 0.29) is 17.6 Å². The van der Waals surface area contributed by atoms with E-state index in [0.717, 1.165) is 12.8 Å². The topological polar surface area (TPSA) is 80.5 Å². The van der Waals surface area contributed by atoms with Crippen LogP contribution in [0, 0.1) is 5.92 Å². The summed E-state index contributed by atoms with van der Waals surface area (Å²) >= 11 is 1.62. The largest absolute Gasteiger partial charge is 0.342 e. The molecule has 1 fully saturated rings. The number of nitrogens with two attached hydrogens (primary N) is 1. The normalized spacial score (nSPS) is 19.8. The maximum absolute atomic E-state index is 12.0. The summed E-state index contributed by atoms with van der Waals surface area (Å²) in [7, 11) is -3.44. The molecule has 0 bridgehead atoms. The summed E-state index contributed by atoms with van der Waals surface area (Å²) in [6, 6.07) is 2.02. The number of primary sulfonamides is 1. The lowest BCUT2D eigenvalue weighted by Gasteiger charge is -2.16. The number of sulfonamides is 1. The quantitative estimate of drug-likeness (QED) is 0.874. The number of thiophene rings is 1. The van der Waals surface area contributed by atoms with Crippen LogP contribution in [0.25, 0.3) is 0 Å². The number of hydrogen-bond acceptors (Lipinski definition) is 4. The molecular formula is C12H18N2O3S2. The van der Waals surface area contributed by atoms with E-state index in [1.165, 1.54) is 5.56 Å². The molecule has 5 nitrogen and oxygen atoms in total. The molecule has 1 atom stereocenters. The monoisotopic (exact) mass is 302 g/mol. The summed E-state index contributed by atoms with van der Waals surface area (Å²) in [5.74, 6) is 0.0598. The Morgan fingerprint density at radius 3 is 2.95 bits per heavy atom. The second kappa shape index (κ2) is 6.02. The van der Waals surface area contributed by atoms with Crippen molar-refractivity contribution in [3.63, 3.8) is 0 Å². The van der Waals surface area contributed by atoms with Gasteiger partial charge in [0.2, 0.25) is 15.9 Å². The van der Waals surface area contributed by atoms with Crippen molar-refractivity contribution in [2.45, 2.75) is 19.3 Å². The van der Waals surface area contributed by atoms with Crippen molar-refractivity contribution < 1.29 is 13.2 Å². The minimum Gasteiger partial charge on any atom is -0.342 e. The van der Waals surface area contributed by atoms with Crippen molar-refractivity contribution in [2.75, 3.05) is 18.8 Å². The summed E-state index contributed by atoms with van der Waals surface area (Å²) in [4.78, 5) is 13.8. The number of carbonyl (C=O) groups excluding carboxylic acids is 1. The molecule has 19 heavy (non-hydrogen) atoms. The van der Waals surface area contributed by atoms with E-state index in [0.29, 0.717) is 19.5 Å². The fraction of sp³-hybridized carbons (Fsp3) is 0.583. The number of likely N-dealkylation sites (tertiary alicyclic amines) is 1. The summed E-state index contributed by atoms with van der Waals surface area (Å²) in [5.41, 5.74) is 1.18. The first kappa shape index (κ1) is 14.5. The first-order chi connectivity index (χ1) is 8.94. The first-order valence-electron chi connectivity index (χ1n) is 6.23. The van der Waals surface area contributed by atoms with Crippen molar-refractivity contribution in [2.24, 2.45) is 11.1 Å². The Bertz CT molecular complexity index is 525. The van der Waals surface area contributed by atoms with Gasteiger partial charge in [0.15, 0.2) is 0 Å². The second-order valence-electron chi connectivity index (χ2n) is 4.96. The second-order valence-corrected chi connectivity index (χ2v) is 7.39. The summed E-state index contributed by atoms with van der Waals surface area (Å²) < 4.78 is 22.0. The van der Waals surface area contributed by atoms with Gasteiger partial charge in [-0.3, -0.25) is 4.79 Å². The van der Waals surface area contributed by atoms with Gasteiger partial charge in [0.05, 0.1) is 5.75 Å². The predicted octanol–water partition coefficient (Wildman–Crippen LogP) is 0.818. The molecule has 1 aromatic rings. The predicted molar refractivity (Wildman–Crippen MR) is 75.3 cm³/mol. The highest BCUT2D eigenvalue weighted by Crippen LogP contribution is 2.19. The van der Waals surface area contributed by atoms with E-state index in [4.69, 9.17) is 5.14 Å². The highest BCUT2D eigenvalue weighted by atomic mass is 32.2. The van der Waals surface area contributed by atoms with Gasteiger partial charge in [-0.15, -0.1) is 0 Å². The van der Waals surface area contributed by atoms with Crippen LogP contribution in [0.15, 0.2) is 16.8 Å². The molecule has 2 rings (SSSR count). The highest BCUT2D eigenvalue weighted by molar-refractivity contribution is 7.89. The Hall–Kier alpha value is -0.920. The van der Waals surface area contributed by atoms with Crippen LogP contribution in [0.3, 0.4) is 0 Å². The number of nitrogens with zero attached hydrogens (tertiary/aromatic N) is 1. The third kappa shape index (κ3) is 4.59. The van der Waals surface area contributed by atoms with Crippen LogP contribution >= 0.6 is 11.3 Å². The van der Waals surface area contributed by atoms with Crippen molar-refractivity contribution in [1.29, 1.82) is 0 Å². The van der Waals surface area contributed by atoms with Gasteiger partial charge in [0.1, 0.15) is 0 Å². The van der Waals surface area contributed by atoms with E-state index in [1.807, 2.05) is 16.8 Å². The van der Waals surface area contributed by atoms with Gasteiger partial charge >= 0.3 is 0 Å². The molecule has 1 amide bonds. The molecule has 1 aliphatic heterocycles.